The average molecular weight is 430 g/mol. The average Bonchev–Trinajstić information content (AvgIpc) is 3.02. The molecular weight excluding hydrogens is 410 g/mol. The fourth-order valence-corrected chi connectivity index (χ4v) is 3.22. The molecule has 9 heteroatoms. The van der Waals surface area contributed by atoms with Crippen LogP contribution in [0.5, 0.6) is 5.75 Å². The number of nitrogens with zero attached hydrogens (tertiary/aromatic N) is 1. The number of hydrogen-bond acceptors (Lipinski definition) is 5. The molecule has 0 amide bonds. The lowest BCUT2D eigenvalue weighted by atomic mass is 10.1. The zero-order valence-electron chi connectivity index (χ0n) is 17.0. The van der Waals surface area contributed by atoms with Crippen molar-refractivity contribution < 1.29 is 27.8 Å². The predicted molar refractivity (Wildman–Crippen MR) is 108 cm³/mol. The summed E-state index contributed by atoms with van der Waals surface area (Å²) in [5.74, 6) is -1.10. The Morgan fingerprint density at radius 3 is 2.32 bits per heavy atom. The van der Waals surface area contributed by atoms with Gasteiger partial charge >= 0.3 is 12.6 Å². The molecule has 1 atom stereocenters. The number of ether oxygens (including phenoxy) is 2. The third-order valence-corrected chi connectivity index (χ3v) is 4.69. The van der Waals surface area contributed by atoms with Crippen LogP contribution in [0.15, 0.2) is 53.5 Å². The number of alkyl halides is 2. The summed E-state index contributed by atoms with van der Waals surface area (Å²) in [5.41, 5.74) is 2.14. The number of nitrogens with one attached hydrogen (secondary N) is 1. The van der Waals surface area contributed by atoms with Gasteiger partial charge in [-0.1, -0.05) is 0 Å². The third-order valence-electron chi connectivity index (χ3n) is 4.69. The van der Waals surface area contributed by atoms with Crippen LogP contribution >= 0.6 is 0 Å². The van der Waals surface area contributed by atoms with Crippen LogP contribution in [0.3, 0.4) is 0 Å². The molecule has 0 radical (unpaired) electrons. The summed E-state index contributed by atoms with van der Waals surface area (Å²) in [6.45, 7) is 2.09. The van der Waals surface area contributed by atoms with Gasteiger partial charge < -0.3 is 19.0 Å². The highest BCUT2D eigenvalue weighted by Gasteiger charge is 2.25. The van der Waals surface area contributed by atoms with Gasteiger partial charge in [0.15, 0.2) is 6.10 Å². The number of Topliss-reactive ketones (excluding diaryl/α,β-unsaturated/α-hetero) is 1. The molecule has 0 spiro atoms. The Bertz CT molecular complexity index is 1150. The Balaban J connectivity index is 1.80. The quantitative estimate of drug-likeness (QED) is 0.455. The van der Waals surface area contributed by atoms with Crippen molar-refractivity contribution in [3.8, 4) is 11.4 Å². The zero-order valence-corrected chi connectivity index (χ0v) is 17.0. The molecular formula is C22H20F2N2O5. The SMILES string of the molecule is Cc1cc(C(=O)[C@H](C)OC(=O)c2ccc(=O)[nH]c2)c(C)n1-c1ccc(OC(F)F)cc1. The molecule has 1 aromatic carbocycles. The summed E-state index contributed by atoms with van der Waals surface area (Å²) in [7, 11) is 0. The topological polar surface area (TPSA) is 90.4 Å². The summed E-state index contributed by atoms with van der Waals surface area (Å²) in [5, 5.41) is 0. The van der Waals surface area contributed by atoms with Gasteiger partial charge in [0.05, 0.1) is 5.56 Å². The number of hydrogen-bond donors (Lipinski definition) is 1. The number of esters is 1. The van der Waals surface area contributed by atoms with Crippen LogP contribution in [0.25, 0.3) is 5.69 Å². The number of halogens is 2. The number of aromatic amines is 1. The second kappa shape index (κ2) is 8.95. The summed E-state index contributed by atoms with van der Waals surface area (Å²) in [4.78, 5) is 38.6. The maximum absolute atomic E-state index is 12.9. The van der Waals surface area contributed by atoms with E-state index >= 15 is 0 Å². The molecule has 0 saturated heterocycles. The molecule has 3 aromatic rings. The van der Waals surface area contributed by atoms with E-state index in [2.05, 4.69) is 9.72 Å². The molecule has 3 rings (SSSR count). The molecule has 0 aliphatic rings. The van der Waals surface area contributed by atoms with Gasteiger partial charge in [0.25, 0.3) is 0 Å². The maximum Gasteiger partial charge on any atom is 0.387 e. The van der Waals surface area contributed by atoms with Gasteiger partial charge in [-0.25, -0.2) is 4.79 Å². The minimum absolute atomic E-state index is 0.0281. The van der Waals surface area contributed by atoms with E-state index in [0.717, 1.165) is 5.69 Å². The van der Waals surface area contributed by atoms with Crippen LogP contribution in [-0.4, -0.2) is 34.0 Å². The first kappa shape index (κ1) is 21.9. The van der Waals surface area contributed by atoms with Gasteiger partial charge in [0.1, 0.15) is 5.75 Å². The molecule has 1 N–H and O–H groups in total. The van der Waals surface area contributed by atoms with Crippen LogP contribution in [0.1, 0.15) is 39.0 Å². The standard InChI is InChI=1S/C22H20F2N2O5/c1-12-10-18(13(2)26(12)16-5-7-17(8-6-16)31-22(23)24)20(28)14(3)30-21(29)15-4-9-19(27)25-11-15/h4-11,14,22H,1-3H3,(H,25,27)/t14-/m0/s1. The summed E-state index contributed by atoms with van der Waals surface area (Å²) in [6, 6.07) is 10.2. The van der Waals surface area contributed by atoms with Crippen LogP contribution in [0.2, 0.25) is 0 Å². The molecule has 162 valence electrons. The fourth-order valence-electron chi connectivity index (χ4n) is 3.22. The normalized spacial score (nSPS) is 11.9. The molecule has 2 heterocycles. The highest BCUT2D eigenvalue weighted by Crippen LogP contribution is 2.25. The van der Waals surface area contributed by atoms with Gasteiger partial charge in [-0.15, -0.1) is 0 Å². The van der Waals surface area contributed by atoms with Crippen molar-refractivity contribution in [1.82, 2.24) is 9.55 Å². The number of ketones is 1. The molecule has 2 aromatic heterocycles. The summed E-state index contributed by atoms with van der Waals surface area (Å²) in [6.07, 6.45) is 0.157. The van der Waals surface area contributed by atoms with E-state index in [0.29, 0.717) is 16.9 Å². The highest BCUT2D eigenvalue weighted by molar-refractivity contribution is 6.02. The van der Waals surface area contributed by atoms with E-state index < -0.39 is 24.5 Å². The van der Waals surface area contributed by atoms with E-state index in [4.69, 9.17) is 4.74 Å². The van der Waals surface area contributed by atoms with Crippen LogP contribution < -0.4 is 10.3 Å². The van der Waals surface area contributed by atoms with E-state index in [-0.39, 0.29) is 16.9 Å². The molecule has 0 saturated carbocycles. The number of benzene rings is 1. The summed E-state index contributed by atoms with van der Waals surface area (Å²) < 4.78 is 36.1. The Morgan fingerprint density at radius 1 is 1.06 bits per heavy atom. The van der Waals surface area contributed by atoms with Crippen molar-refractivity contribution in [2.75, 3.05) is 0 Å². The number of carbonyl (C=O) groups is 2. The van der Waals surface area contributed by atoms with Gasteiger partial charge in [-0.2, -0.15) is 8.78 Å². The number of carbonyl (C=O) groups excluding carboxylic acids is 2. The minimum atomic E-state index is -2.91. The molecule has 31 heavy (non-hydrogen) atoms. The molecule has 0 fully saturated rings. The monoisotopic (exact) mass is 430 g/mol. The number of aryl methyl sites for hydroxylation is 1. The van der Waals surface area contributed by atoms with Crippen molar-refractivity contribution in [3.63, 3.8) is 0 Å². The lowest BCUT2D eigenvalue weighted by molar-refractivity contribution is -0.0498. The maximum atomic E-state index is 12.9. The van der Waals surface area contributed by atoms with Crippen LogP contribution in [0, 0.1) is 13.8 Å². The molecule has 7 nitrogen and oxygen atoms in total. The lowest BCUT2D eigenvalue weighted by Crippen LogP contribution is -2.25. The number of pyridine rings is 1. The Hall–Kier alpha value is -3.75. The number of rotatable bonds is 7. The molecule has 0 bridgehead atoms. The minimum Gasteiger partial charge on any atom is -0.451 e. The first-order chi connectivity index (χ1) is 14.7. The summed E-state index contributed by atoms with van der Waals surface area (Å²) >= 11 is 0. The number of aromatic nitrogens is 2. The smallest absolute Gasteiger partial charge is 0.387 e. The van der Waals surface area contributed by atoms with Crippen molar-refractivity contribution in [2.24, 2.45) is 0 Å². The Morgan fingerprint density at radius 2 is 1.74 bits per heavy atom. The van der Waals surface area contributed by atoms with Crippen molar-refractivity contribution >= 4 is 11.8 Å². The van der Waals surface area contributed by atoms with E-state index in [1.807, 2.05) is 0 Å². The van der Waals surface area contributed by atoms with Crippen molar-refractivity contribution in [2.45, 2.75) is 33.5 Å². The van der Waals surface area contributed by atoms with Crippen molar-refractivity contribution in [3.05, 3.63) is 81.5 Å². The second-order valence-corrected chi connectivity index (χ2v) is 6.85. The van der Waals surface area contributed by atoms with E-state index in [1.165, 1.54) is 37.4 Å². The van der Waals surface area contributed by atoms with Gasteiger partial charge in [-0.3, -0.25) is 9.59 Å². The van der Waals surface area contributed by atoms with Gasteiger partial charge in [0, 0.05) is 34.9 Å². The molecule has 0 aliphatic heterocycles. The van der Waals surface area contributed by atoms with Gasteiger partial charge in [0.2, 0.25) is 11.3 Å². The largest absolute Gasteiger partial charge is 0.451 e. The van der Waals surface area contributed by atoms with Gasteiger partial charge in [-0.05, 0) is 57.2 Å². The van der Waals surface area contributed by atoms with Crippen LogP contribution in [-0.2, 0) is 4.74 Å². The second-order valence-electron chi connectivity index (χ2n) is 6.85. The Kier molecular flexibility index (Phi) is 6.33. The lowest BCUT2D eigenvalue weighted by Gasteiger charge is -2.13. The fraction of sp³-hybridized carbons (Fsp3) is 0.227. The third kappa shape index (κ3) is 4.88. The molecule has 0 aliphatic carbocycles. The zero-order chi connectivity index (χ0) is 22.7. The molecule has 0 unspecified atom stereocenters. The first-order valence-electron chi connectivity index (χ1n) is 9.35. The highest BCUT2D eigenvalue weighted by atomic mass is 19.3. The predicted octanol–water partition coefficient (Wildman–Crippen LogP) is 3.81. The van der Waals surface area contributed by atoms with Crippen molar-refractivity contribution in [1.29, 1.82) is 0 Å². The first-order valence-corrected chi connectivity index (χ1v) is 9.35. The number of H-pyrrole nitrogens is 1. The van der Waals surface area contributed by atoms with E-state index in [9.17, 15) is 23.2 Å². The van der Waals surface area contributed by atoms with E-state index in [1.54, 1.807) is 36.6 Å². The van der Waals surface area contributed by atoms with Crippen LogP contribution in [0.4, 0.5) is 8.78 Å². The Labute approximate surface area is 176 Å².